The third-order valence-corrected chi connectivity index (χ3v) is 0.287. The third-order valence-electron chi connectivity index (χ3n) is 0.287. The van der Waals surface area contributed by atoms with Crippen LogP contribution in [0.3, 0.4) is 0 Å². The van der Waals surface area contributed by atoms with Gasteiger partial charge < -0.3 is 4.74 Å². The van der Waals surface area contributed by atoms with Gasteiger partial charge in [-0.25, -0.2) is 0 Å². The number of carbonyl (C=O) groups is 2. The van der Waals surface area contributed by atoms with Gasteiger partial charge in [-0.2, -0.15) is 0 Å². The molecule has 0 rings (SSSR count). The number of ether oxygens (including phenoxy) is 1. The SMILES string of the molecule is CC(=O)OC(C)=O.[CaH2].[CaH2]. The summed E-state index contributed by atoms with van der Waals surface area (Å²) < 4.78 is 3.97. The van der Waals surface area contributed by atoms with E-state index in [1.54, 1.807) is 0 Å². The van der Waals surface area contributed by atoms with Gasteiger partial charge in [0.1, 0.15) is 0 Å². The summed E-state index contributed by atoms with van der Waals surface area (Å²) in [5.74, 6) is -1.12. The number of hydrogen-bond donors (Lipinski definition) is 0. The van der Waals surface area contributed by atoms with Crippen LogP contribution in [-0.4, -0.2) is 87.4 Å². The van der Waals surface area contributed by atoms with Crippen LogP contribution in [0.5, 0.6) is 0 Å². The fraction of sp³-hybridized carbons (Fsp3) is 0.500. The van der Waals surface area contributed by atoms with Gasteiger partial charge in [0.25, 0.3) is 0 Å². The molecule has 0 aromatic heterocycles. The minimum atomic E-state index is -0.562. The van der Waals surface area contributed by atoms with Crippen LogP contribution in [-0.2, 0) is 14.3 Å². The van der Waals surface area contributed by atoms with Gasteiger partial charge in [-0.1, -0.05) is 0 Å². The van der Waals surface area contributed by atoms with Crippen LogP contribution in [0, 0.1) is 0 Å². The van der Waals surface area contributed by atoms with Gasteiger partial charge in [0, 0.05) is 13.8 Å². The van der Waals surface area contributed by atoms with E-state index in [0.29, 0.717) is 0 Å². The molecule has 0 heterocycles. The molecule has 0 aliphatic rings. The number of carbonyl (C=O) groups excluding carboxylic acids is 2. The van der Waals surface area contributed by atoms with E-state index in [1.165, 1.54) is 13.8 Å². The number of esters is 2. The first-order valence-electron chi connectivity index (χ1n) is 1.82. The van der Waals surface area contributed by atoms with Crippen LogP contribution >= 0.6 is 0 Å². The first-order valence-corrected chi connectivity index (χ1v) is 1.82. The number of rotatable bonds is 0. The van der Waals surface area contributed by atoms with Crippen molar-refractivity contribution in [3.8, 4) is 0 Å². The average molecular weight is 186 g/mol. The molecule has 0 aliphatic carbocycles. The first kappa shape index (κ1) is 17.0. The van der Waals surface area contributed by atoms with Gasteiger partial charge in [0.15, 0.2) is 0 Å². The standard InChI is InChI=1S/C4H6O3.2Ca.4H/c1-3(5)7-4(2)6;;;;;;/h1-2H3;;;;;;. The van der Waals surface area contributed by atoms with Gasteiger partial charge in [-0.15, -0.1) is 0 Å². The fourth-order valence-corrected chi connectivity index (χ4v) is 0.202. The van der Waals surface area contributed by atoms with Crippen molar-refractivity contribution >= 4 is 87.4 Å². The van der Waals surface area contributed by atoms with Crippen molar-refractivity contribution in [2.45, 2.75) is 13.8 Å². The molecule has 0 bridgehead atoms. The molecule has 48 valence electrons. The zero-order valence-corrected chi connectivity index (χ0v) is 4.22. The van der Waals surface area contributed by atoms with Gasteiger partial charge in [0.2, 0.25) is 0 Å². The van der Waals surface area contributed by atoms with Crippen LogP contribution in [0.2, 0.25) is 0 Å². The predicted molar refractivity (Wildman–Crippen MR) is 39.5 cm³/mol. The van der Waals surface area contributed by atoms with Crippen molar-refractivity contribution in [2.75, 3.05) is 0 Å². The van der Waals surface area contributed by atoms with E-state index in [0.717, 1.165) is 0 Å². The van der Waals surface area contributed by atoms with Crippen molar-refractivity contribution in [3.63, 3.8) is 0 Å². The molecule has 0 saturated carbocycles. The zero-order chi connectivity index (χ0) is 5.86. The molecule has 0 unspecified atom stereocenters. The summed E-state index contributed by atoms with van der Waals surface area (Å²) in [6, 6.07) is 0. The first-order chi connectivity index (χ1) is 3.13. The van der Waals surface area contributed by atoms with Gasteiger partial charge in [0.05, 0.1) is 0 Å². The Hall–Kier alpha value is 1.66. The molecular formula is C4H10Ca2O3. The van der Waals surface area contributed by atoms with Crippen molar-refractivity contribution in [1.82, 2.24) is 0 Å². The molecule has 0 fully saturated rings. The Balaban J connectivity index is -0.000000180. The van der Waals surface area contributed by atoms with E-state index in [-0.39, 0.29) is 75.5 Å². The minimum absolute atomic E-state index is 0. The van der Waals surface area contributed by atoms with Crippen molar-refractivity contribution < 1.29 is 14.3 Å². The number of hydrogen-bond acceptors (Lipinski definition) is 3. The second-order valence-corrected chi connectivity index (χ2v) is 1.09. The van der Waals surface area contributed by atoms with Crippen LogP contribution in [0.15, 0.2) is 0 Å². The summed E-state index contributed by atoms with van der Waals surface area (Å²) in [5.41, 5.74) is 0. The molecule has 5 heteroatoms. The normalized spacial score (nSPS) is 6.00. The Morgan fingerprint density at radius 2 is 1.22 bits per heavy atom. The second-order valence-electron chi connectivity index (χ2n) is 1.09. The Kier molecular flexibility index (Phi) is 18.2. The van der Waals surface area contributed by atoms with Crippen LogP contribution in [0.25, 0.3) is 0 Å². The topological polar surface area (TPSA) is 43.4 Å². The van der Waals surface area contributed by atoms with Crippen LogP contribution in [0.1, 0.15) is 13.8 Å². The van der Waals surface area contributed by atoms with Gasteiger partial charge in [-0.3, -0.25) is 9.59 Å². The molecular weight excluding hydrogens is 176 g/mol. The van der Waals surface area contributed by atoms with Crippen molar-refractivity contribution in [1.29, 1.82) is 0 Å². The van der Waals surface area contributed by atoms with Gasteiger partial charge >= 0.3 is 87.4 Å². The van der Waals surface area contributed by atoms with E-state index in [4.69, 9.17) is 0 Å². The zero-order valence-electron chi connectivity index (χ0n) is 4.22. The molecule has 0 spiro atoms. The summed E-state index contributed by atoms with van der Waals surface area (Å²) >= 11 is 0. The monoisotopic (exact) mass is 186 g/mol. The summed E-state index contributed by atoms with van der Waals surface area (Å²) in [6.45, 7) is 2.36. The molecule has 0 aromatic carbocycles. The molecule has 0 atom stereocenters. The quantitative estimate of drug-likeness (QED) is 0.256. The van der Waals surface area contributed by atoms with E-state index < -0.39 is 11.9 Å². The summed E-state index contributed by atoms with van der Waals surface area (Å²) in [6.07, 6.45) is 0. The fourth-order valence-electron chi connectivity index (χ4n) is 0.202. The third kappa shape index (κ3) is 17.7. The molecule has 9 heavy (non-hydrogen) atoms. The summed E-state index contributed by atoms with van der Waals surface area (Å²) in [7, 11) is 0. The Morgan fingerprint density at radius 1 is 1.00 bits per heavy atom. The molecule has 0 N–H and O–H groups in total. The van der Waals surface area contributed by atoms with E-state index >= 15 is 0 Å². The maximum absolute atomic E-state index is 9.81. The Morgan fingerprint density at radius 3 is 1.22 bits per heavy atom. The van der Waals surface area contributed by atoms with Crippen LogP contribution < -0.4 is 0 Å². The Labute approximate surface area is 114 Å². The Bertz CT molecular complexity index is 90.0. The van der Waals surface area contributed by atoms with E-state index in [1.807, 2.05) is 0 Å². The molecule has 0 saturated heterocycles. The molecule has 0 aliphatic heterocycles. The van der Waals surface area contributed by atoms with E-state index in [9.17, 15) is 9.59 Å². The predicted octanol–water partition coefficient (Wildman–Crippen LogP) is -1.74. The summed E-state index contributed by atoms with van der Waals surface area (Å²) in [4.78, 5) is 19.6. The van der Waals surface area contributed by atoms with E-state index in [2.05, 4.69) is 4.74 Å². The molecule has 0 aromatic rings. The molecule has 0 radical (unpaired) electrons. The van der Waals surface area contributed by atoms with Crippen LogP contribution in [0.4, 0.5) is 0 Å². The summed E-state index contributed by atoms with van der Waals surface area (Å²) in [5, 5.41) is 0. The van der Waals surface area contributed by atoms with Gasteiger partial charge in [-0.05, 0) is 0 Å². The van der Waals surface area contributed by atoms with Crippen molar-refractivity contribution in [2.24, 2.45) is 0 Å². The average Bonchev–Trinajstić information content (AvgIpc) is 1.27. The molecule has 3 nitrogen and oxygen atoms in total. The molecule has 0 amide bonds. The maximum atomic E-state index is 9.81. The van der Waals surface area contributed by atoms with Crippen molar-refractivity contribution in [3.05, 3.63) is 0 Å². The second kappa shape index (κ2) is 9.66.